The van der Waals surface area contributed by atoms with Crippen LogP contribution < -0.4 is 0 Å². The molecule has 0 heterocycles. The second-order valence-corrected chi connectivity index (χ2v) is 6.35. The van der Waals surface area contributed by atoms with Crippen molar-refractivity contribution >= 4 is 23.9 Å². The highest BCUT2D eigenvalue weighted by Gasteiger charge is 2.48. The van der Waals surface area contributed by atoms with Gasteiger partial charge in [0.25, 0.3) is 0 Å². The van der Waals surface area contributed by atoms with Gasteiger partial charge in [-0.15, -0.1) is 0 Å². The molecule has 2 atom stereocenters. The number of rotatable bonds is 13. The van der Waals surface area contributed by atoms with Crippen LogP contribution in [-0.2, 0) is 25.5 Å². The molecule has 0 saturated heterocycles. The predicted molar refractivity (Wildman–Crippen MR) is 97.1 cm³/mol. The number of carboxylic acids is 1. The summed E-state index contributed by atoms with van der Waals surface area (Å²) in [5.41, 5.74) is -1.19. The molecule has 0 spiro atoms. The third kappa shape index (κ3) is 6.10. The van der Waals surface area contributed by atoms with E-state index < -0.39 is 17.7 Å². The molecule has 0 bridgehead atoms. The Morgan fingerprint density at radius 1 is 1.24 bits per heavy atom. The predicted octanol–water partition coefficient (Wildman–Crippen LogP) is 3.91. The fraction of sp³-hybridized carbons (Fsp3) is 0.579. The minimum Gasteiger partial charge on any atom is -0.479 e. The smallest absolute Gasteiger partial charge is 0.339 e. The van der Waals surface area contributed by atoms with E-state index >= 15 is 0 Å². The number of hydrogen-bond donors (Lipinski definition) is 1. The van der Waals surface area contributed by atoms with Crippen molar-refractivity contribution < 1.29 is 24.2 Å². The van der Waals surface area contributed by atoms with E-state index in [0.29, 0.717) is 29.9 Å². The molecule has 0 aliphatic rings. The molecule has 1 aromatic rings. The third-order valence-corrected chi connectivity index (χ3v) is 4.38. The number of halogens is 1. The van der Waals surface area contributed by atoms with Gasteiger partial charge >= 0.3 is 5.97 Å². The fourth-order valence-electron chi connectivity index (χ4n) is 2.45. The quantitative estimate of drug-likeness (QED) is 0.421. The Balaban J connectivity index is 3.17. The first-order valence-corrected chi connectivity index (χ1v) is 9.07. The number of aldehydes is 1. The van der Waals surface area contributed by atoms with E-state index in [2.05, 4.69) is 0 Å². The molecular formula is C19H27ClO5. The van der Waals surface area contributed by atoms with Gasteiger partial charge in [-0.25, -0.2) is 4.79 Å². The summed E-state index contributed by atoms with van der Waals surface area (Å²) in [5.74, 6) is -1.22. The Hall–Kier alpha value is -1.43. The number of hydrogen-bond acceptors (Lipinski definition) is 4. The maximum Gasteiger partial charge on any atom is 0.339 e. The molecular weight excluding hydrogens is 344 g/mol. The molecule has 1 N–H and O–H groups in total. The molecule has 140 valence electrons. The Morgan fingerprint density at radius 3 is 2.44 bits per heavy atom. The van der Waals surface area contributed by atoms with Crippen molar-refractivity contribution in [2.24, 2.45) is 0 Å². The molecule has 0 amide bonds. The van der Waals surface area contributed by atoms with Gasteiger partial charge in [0.1, 0.15) is 0 Å². The van der Waals surface area contributed by atoms with Gasteiger partial charge in [0, 0.05) is 24.7 Å². The maximum absolute atomic E-state index is 12.2. The minimum absolute atomic E-state index is 0.0404. The van der Waals surface area contributed by atoms with Crippen LogP contribution in [0.3, 0.4) is 0 Å². The summed E-state index contributed by atoms with van der Waals surface area (Å²) >= 11 is 6.19. The van der Waals surface area contributed by atoms with Gasteiger partial charge in [0.2, 0.25) is 5.60 Å². The van der Waals surface area contributed by atoms with E-state index in [1.54, 1.807) is 24.3 Å². The van der Waals surface area contributed by atoms with Gasteiger partial charge in [-0.1, -0.05) is 56.5 Å². The molecule has 0 radical (unpaired) electrons. The zero-order valence-corrected chi connectivity index (χ0v) is 15.6. The standard InChI is InChI=1S/C19H27ClO5/c1-3-5-11-24-17(14-21)19(18(22)23,25-12-6-4-2)13-15-9-7-8-10-16(15)20/h7-10,14,17H,3-6,11-13H2,1-2H3,(H,22,23). The van der Waals surface area contributed by atoms with Crippen molar-refractivity contribution in [2.75, 3.05) is 13.2 Å². The summed E-state index contributed by atoms with van der Waals surface area (Å²) in [6.45, 7) is 4.50. The zero-order chi connectivity index (χ0) is 18.7. The van der Waals surface area contributed by atoms with Gasteiger partial charge in [-0.2, -0.15) is 0 Å². The van der Waals surface area contributed by atoms with Gasteiger partial charge in [0.15, 0.2) is 12.4 Å². The van der Waals surface area contributed by atoms with Gasteiger partial charge in [-0.3, -0.25) is 0 Å². The lowest BCUT2D eigenvalue weighted by Crippen LogP contribution is -2.55. The lowest BCUT2D eigenvalue weighted by molar-refractivity contribution is -0.189. The summed E-state index contributed by atoms with van der Waals surface area (Å²) in [6.07, 6.45) is 2.44. The number of carbonyl (C=O) groups excluding carboxylic acids is 1. The van der Waals surface area contributed by atoms with Crippen molar-refractivity contribution in [1.29, 1.82) is 0 Å². The van der Waals surface area contributed by atoms with Crippen LogP contribution in [0.4, 0.5) is 0 Å². The van der Waals surface area contributed by atoms with Gasteiger partial charge < -0.3 is 19.4 Å². The average molecular weight is 371 g/mol. The molecule has 1 aromatic carbocycles. The van der Waals surface area contributed by atoms with Crippen molar-refractivity contribution in [2.45, 2.75) is 57.7 Å². The lowest BCUT2D eigenvalue weighted by Gasteiger charge is -2.34. The topological polar surface area (TPSA) is 72.8 Å². The first-order chi connectivity index (χ1) is 12.0. The Labute approximate surface area is 154 Å². The van der Waals surface area contributed by atoms with Crippen molar-refractivity contribution in [3.8, 4) is 0 Å². The van der Waals surface area contributed by atoms with E-state index in [-0.39, 0.29) is 13.0 Å². The molecule has 0 fully saturated rings. The second-order valence-electron chi connectivity index (χ2n) is 5.95. The van der Waals surface area contributed by atoms with E-state index in [9.17, 15) is 14.7 Å². The minimum atomic E-state index is -1.80. The fourth-order valence-corrected chi connectivity index (χ4v) is 2.66. The van der Waals surface area contributed by atoms with Crippen molar-refractivity contribution in [1.82, 2.24) is 0 Å². The Bertz CT molecular complexity index is 548. The summed E-state index contributed by atoms with van der Waals surface area (Å²) in [7, 11) is 0. The van der Waals surface area contributed by atoms with E-state index in [1.807, 2.05) is 13.8 Å². The highest BCUT2D eigenvalue weighted by molar-refractivity contribution is 6.31. The van der Waals surface area contributed by atoms with Crippen molar-refractivity contribution in [3.05, 3.63) is 34.9 Å². The van der Waals surface area contributed by atoms with Crippen LogP contribution in [0.15, 0.2) is 24.3 Å². The Kier molecular flexibility index (Phi) is 9.71. The highest BCUT2D eigenvalue weighted by Crippen LogP contribution is 2.28. The molecule has 0 aromatic heterocycles. The number of carbonyl (C=O) groups is 2. The highest BCUT2D eigenvalue weighted by atomic mass is 35.5. The normalized spacial score (nSPS) is 14.7. The second kappa shape index (κ2) is 11.2. The Morgan fingerprint density at radius 2 is 1.88 bits per heavy atom. The van der Waals surface area contributed by atoms with Crippen LogP contribution in [0.2, 0.25) is 5.02 Å². The monoisotopic (exact) mass is 370 g/mol. The number of carboxylic acid groups (broad SMARTS) is 1. The third-order valence-electron chi connectivity index (χ3n) is 4.01. The van der Waals surface area contributed by atoms with E-state index in [4.69, 9.17) is 21.1 Å². The lowest BCUT2D eigenvalue weighted by atomic mass is 9.88. The van der Waals surface area contributed by atoms with Gasteiger partial charge in [-0.05, 0) is 24.5 Å². The molecule has 0 aliphatic carbocycles. The molecule has 25 heavy (non-hydrogen) atoms. The molecule has 6 heteroatoms. The van der Waals surface area contributed by atoms with Crippen LogP contribution in [-0.4, -0.2) is 42.3 Å². The first kappa shape index (κ1) is 21.6. The number of ether oxygens (including phenoxy) is 2. The molecule has 1 rings (SSSR count). The van der Waals surface area contributed by atoms with Crippen LogP contribution in [0.25, 0.3) is 0 Å². The summed E-state index contributed by atoms with van der Waals surface area (Å²) in [6, 6.07) is 6.95. The van der Waals surface area contributed by atoms with Gasteiger partial charge in [0.05, 0.1) is 0 Å². The zero-order valence-electron chi connectivity index (χ0n) is 14.9. The number of benzene rings is 1. The molecule has 5 nitrogen and oxygen atoms in total. The van der Waals surface area contributed by atoms with E-state index in [0.717, 1.165) is 19.3 Å². The number of unbranched alkanes of at least 4 members (excludes halogenated alkanes) is 2. The summed E-state index contributed by atoms with van der Waals surface area (Å²) in [5, 5.41) is 10.4. The van der Waals surface area contributed by atoms with Crippen molar-refractivity contribution in [3.63, 3.8) is 0 Å². The summed E-state index contributed by atoms with van der Waals surface area (Å²) < 4.78 is 11.3. The average Bonchev–Trinajstić information content (AvgIpc) is 2.60. The van der Waals surface area contributed by atoms with Crippen LogP contribution in [0.5, 0.6) is 0 Å². The first-order valence-electron chi connectivity index (χ1n) is 8.69. The largest absolute Gasteiger partial charge is 0.479 e. The maximum atomic E-state index is 12.2. The summed E-state index contributed by atoms with van der Waals surface area (Å²) in [4.78, 5) is 23.8. The van der Waals surface area contributed by atoms with Crippen LogP contribution in [0.1, 0.15) is 45.1 Å². The molecule has 0 aliphatic heterocycles. The number of aliphatic carboxylic acids is 1. The van der Waals surface area contributed by atoms with Crippen LogP contribution >= 0.6 is 11.6 Å². The van der Waals surface area contributed by atoms with E-state index in [1.165, 1.54) is 0 Å². The molecule has 0 saturated carbocycles. The van der Waals surface area contributed by atoms with Crippen LogP contribution in [0, 0.1) is 0 Å². The molecule has 2 unspecified atom stereocenters. The SMILES string of the molecule is CCCCOC(C=O)C(Cc1ccccc1Cl)(OCCCC)C(=O)O.